The lowest BCUT2D eigenvalue weighted by atomic mass is 10.3. The van der Waals surface area contributed by atoms with Crippen molar-refractivity contribution >= 4 is 23.4 Å². The smallest absolute Gasteiger partial charge is 0.323 e. The predicted molar refractivity (Wildman–Crippen MR) is 66.7 cm³/mol. The Labute approximate surface area is 109 Å². The molecule has 1 aromatic rings. The average Bonchev–Trinajstić information content (AvgIpc) is 2.69. The van der Waals surface area contributed by atoms with Crippen molar-refractivity contribution in [2.24, 2.45) is 0 Å². The molecular formula is C10H16N4O3S. The molecule has 100 valence electrons. The van der Waals surface area contributed by atoms with Crippen molar-refractivity contribution in [2.45, 2.75) is 6.92 Å². The summed E-state index contributed by atoms with van der Waals surface area (Å²) in [7, 11) is 3.73. The molecule has 7 nitrogen and oxygen atoms in total. The minimum absolute atomic E-state index is 0.315. The molecule has 0 aliphatic heterocycles. The summed E-state index contributed by atoms with van der Waals surface area (Å²) >= 11 is 0.988. The van der Waals surface area contributed by atoms with Gasteiger partial charge in [0.1, 0.15) is 11.4 Å². The first kappa shape index (κ1) is 14.5. The molecule has 0 unspecified atom stereocenters. The highest BCUT2D eigenvalue weighted by molar-refractivity contribution is 7.07. The number of carboxylic acid groups (broad SMARTS) is 1. The van der Waals surface area contributed by atoms with Crippen molar-refractivity contribution in [2.75, 3.05) is 33.7 Å². The number of aliphatic carboxylic acids is 1. The van der Waals surface area contributed by atoms with Crippen molar-refractivity contribution < 1.29 is 14.7 Å². The standard InChI is InChI=1S/C10H16N4O3S/c1-7-9(18-12-11-7)10(17)14(6-8(15)16)5-4-13(2)3/h4-6H2,1-3H3,(H,15,16). The summed E-state index contributed by atoms with van der Waals surface area (Å²) in [5, 5.41) is 12.6. The van der Waals surface area contributed by atoms with E-state index in [4.69, 9.17) is 5.11 Å². The number of hydrogen-bond acceptors (Lipinski definition) is 6. The number of carboxylic acids is 1. The van der Waals surface area contributed by atoms with E-state index in [0.717, 1.165) is 11.5 Å². The van der Waals surface area contributed by atoms with Crippen LogP contribution in [0.4, 0.5) is 0 Å². The Morgan fingerprint density at radius 2 is 2.00 bits per heavy atom. The third-order valence-corrected chi connectivity index (χ3v) is 3.09. The topological polar surface area (TPSA) is 86.6 Å². The van der Waals surface area contributed by atoms with E-state index in [1.54, 1.807) is 6.92 Å². The quantitative estimate of drug-likeness (QED) is 0.780. The number of carbonyl (C=O) groups excluding carboxylic acids is 1. The van der Waals surface area contributed by atoms with Crippen LogP contribution in [0.25, 0.3) is 0 Å². The van der Waals surface area contributed by atoms with Crippen LogP contribution in [0.5, 0.6) is 0 Å². The van der Waals surface area contributed by atoms with Gasteiger partial charge in [0.2, 0.25) is 0 Å². The Hall–Kier alpha value is -1.54. The van der Waals surface area contributed by atoms with Crippen LogP contribution < -0.4 is 0 Å². The maximum atomic E-state index is 12.1. The van der Waals surface area contributed by atoms with E-state index < -0.39 is 5.97 Å². The van der Waals surface area contributed by atoms with Gasteiger partial charge in [-0.15, -0.1) is 5.10 Å². The molecule has 0 saturated carbocycles. The third-order valence-electron chi connectivity index (χ3n) is 2.28. The molecule has 0 aliphatic rings. The van der Waals surface area contributed by atoms with Crippen LogP contribution in [-0.2, 0) is 4.79 Å². The minimum Gasteiger partial charge on any atom is -0.480 e. The molecule has 18 heavy (non-hydrogen) atoms. The molecule has 1 heterocycles. The molecule has 8 heteroatoms. The second kappa shape index (κ2) is 6.41. The number of rotatable bonds is 6. The maximum absolute atomic E-state index is 12.1. The fourth-order valence-corrected chi connectivity index (χ4v) is 1.93. The highest BCUT2D eigenvalue weighted by atomic mass is 32.1. The zero-order valence-corrected chi connectivity index (χ0v) is 11.4. The van der Waals surface area contributed by atoms with Gasteiger partial charge in [0.05, 0.1) is 5.69 Å². The van der Waals surface area contributed by atoms with E-state index in [2.05, 4.69) is 9.59 Å². The van der Waals surface area contributed by atoms with Crippen molar-refractivity contribution in [1.82, 2.24) is 19.4 Å². The molecule has 1 rings (SSSR count). The summed E-state index contributed by atoms with van der Waals surface area (Å²) < 4.78 is 3.69. The Morgan fingerprint density at radius 1 is 1.33 bits per heavy atom. The lowest BCUT2D eigenvalue weighted by Crippen LogP contribution is -2.39. The van der Waals surface area contributed by atoms with E-state index in [-0.39, 0.29) is 12.5 Å². The molecule has 0 aromatic carbocycles. The average molecular weight is 272 g/mol. The predicted octanol–water partition coefficient (Wildman–Crippen LogP) is -0.0651. The van der Waals surface area contributed by atoms with Crippen molar-refractivity contribution in [3.63, 3.8) is 0 Å². The molecule has 0 bridgehead atoms. The summed E-state index contributed by atoms with van der Waals surface area (Å²) in [6.45, 7) is 2.32. The molecule has 0 saturated heterocycles. The number of amides is 1. The molecule has 0 atom stereocenters. The second-order valence-corrected chi connectivity index (χ2v) is 4.87. The normalized spacial score (nSPS) is 10.7. The van der Waals surface area contributed by atoms with Crippen LogP contribution >= 0.6 is 11.5 Å². The zero-order valence-electron chi connectivity index (χ0n) is 10.6. The van der Waals surface area contributed by atoms with Crippen LogP contribution in [0, 0.1) is 6.92 Å². The lowest BCUT2D eigenvalue weighted by molar-refractivity contribution is -0.137. The molecule has 1 N–H and O–H groups in total. The van der Waals surface area contributed by atoms with Crippen LogP contribution in [0.2, 0.25) is 0 Å². The maximum Gasteiger partial charge on any atom is 0.323 e. The number of likely N-dealkylation sites (N-methyl/N-ethyl adjacent to an activating group) is 1. The van der Waals surface area contributed by atoms with Gasteiger partial charge in [0.25, 0.3) is 5.91 Å². The molecule has 1 amide bonds. The zero-order chi connectivity index (χ0) is 13.7. The summed E-state index contributed by atoms with van der Waals surface area (Å²) in [5.41, 5.74) is 0.533. The monoisotopic (exact) mass is 272 g/mol. The number of aromatic nitrogens is 2. The van der Waals surface area contributed by atoms with Gasteiger partial charge < -0.3 is 14.9 Å². The van der Waals surface area contributed by atoms with E-state index in [0.29, 0.717) is 23.7 Å². The molecule has 0 radical (unpaired) electrons. The SMILES string of the molecule is Cc1nnsc1C(=O)N(CCN(C)C)CC(=O)O. The van der Waals surface area contributed by atoms with E-state index in [9.17, 15) is 9.59 Å². The Balaban J connectivity index is 2.79. The van der Waals surface area contributed by atoms with E-state index in [1.165, 1.54) is 4.90 Å². The first-order valence-electron chi connectivity index (χ1n) is 5.36. The third kappa shape index (κ3) is 4.04. The van der Waals surface area contributed by atoms with Gasteiger partial charge in [-0.3, -0.25) is 9.59 Å². The van der Waals surface area contributed by atoms with Gasteiger partial charge in [0, 0.05) is 13.1 Å². The van der Waals surface area contributed by atoms with E-state index in [1.807, 2.05) is 19.0 Å². The lowest BCUT2D eigenvalue weighted by Gasteiger charge is -2.21. The molecule has 1 aromatic heterocycles. The van der Waals surface area contributed by atoms with Gasteiger partial charge in [-0.05, 0) is 32.6 Å². The molecule has 0 fully saturated rings. The van der Waals surface area contributed by atoms with Crippen molar-refractivity contribution in [3.8, 4) is 0 Å². The fourth-order valence-electron chi connectivity index (χ4n) is 1.31. The Bertz CT molecular complexity index is 433. The minimum atomic E-state index is -1.03. The number of carbonyl (C=O) groups is 2. The fraction of sp³-hybridized carbons (Fsp3) is 0.600. The van der Waals surface area contributed by atoms with Crippen LogP contribution in [-0.4, -0.2) is 70.1 Å². The molecule has 0 aliphatic carbocycles. The first-order valence-corrected chi connectivity index (χ1v) is 6.14. The number of nitrogens with zero attached hydrogens (tertiary/aromatic N) is 4. The number of aryl methyl sites for hydroxylation is 1. The first-order chi connectivity index (χ1) is 8.41. The second-order valence-electron chi connectivity index (χ2n) is 4.11. The van der Waals surface area contributed by atoms with Crippen molar-refractivity contribution in [1.29, 1.82) is 0 Å². The highest BCUT2D eigenvalue weighted by Gasteiger charge is 2.22. The van der Waals surface area contributed by atoms with Crippen LogP contribution in [0.1, 0.15) is 15.4 Å². The summed E-state index contributed by atoms with van der Waals surface area (Å²) in [5.74, 6) is -1.36. The van der Waals surface area contributed by atoms with Gasteiger partial charge in [-0.25, -0.2) is 0 Å². The largest absolute Gasteiger partial charge is 0.480 e. The van der Waals surface area contributed by atoms with E-state index >= 15 is 0 Å². The molecular weight excluding hydrogens is 256 g/mol. The van der Waals surface area contributed by atoms with Crippen LogP contribution in [0.3, 0.4) is 0 Å². The summed E-state index contributed by atoms with van der Waals surface area (Å²) in [6.07, 6.45) is 0. The molecule has 0 spiro atoms. The summed E-state index contributed by atoms with van der Waals surface area (Å²) in [6, 6.07) is 0. The Kier molecular flexibility index (Phi) is 5.17. The van der Waals surface area contributed by atoms with Crippen molar-refractivity contribution in [3.05, 3.63) is 10.6 Å². The highest BCUT2D eigenvalue weighted by Crippen LogP contribution is 2.12. The van der Waals surface area contributed by atoms with Gasteiger partial charge in [0.15, 0.2) is 0 Å². The summed E-state index contributed by atoms with van der Waals surface area (Å²) in [4.78, 5) is 26.5. The van der Waals surface area contributed by atoms with Gasteiger partial charge in [-0.2, -0.15) is 0 Å². The van der Waals surface area contributed by atoms with Gasteiger partial charge >= 0.3 is 5.97 Å². The van der Waals surface area contributed by atoms with Crippen LogP contribution in [0.15, 0.2) is 0 Å². The Morgan fingerprint density at radius 3 is 2.44 bits per heavy atom. The van der Waals surface area contributed by atoms with Gasteiger partial charge in [-0.1, -0.05) is 4.49 Å². The number of hydrogen-bond donors (Lipinski definition) is 1.